The summed E-state index contributed by atoms with van der Waals surface area (Å²) < 4.78 is 11.0. The Labute approximate surface area is 111 Å². The van der Waals surface area contributed by atoms with Gasteiger partial charge in [0.25, 0.3) is 0 Å². The van der Waals surface area contributed by atoms with E-state index in [4.69, 9.17) is 9.16 Å². The van der Waals surface area contributed by atoms with Crippen LogP contribution in [-0.4, -0.2) is 21.4 Å². The number of allylic oxidation sites excluding steroid dienone is 3. The van der Waals surface area contributed by atoms with Crippen LogP contribution in [0.3, 0.4) is 0 Å². The maximum Gasteiger partial charge on any atom is 0.337 e. The molecule has 3 nitrogen and oxygen atoms in total. The summed E-state index contributed by atoms with van der Waals surface area (Å²) in [5.74, 6) is 0.628. The highest BCUT2D eigenvalue weighted by Crippen LogP contribution is 2.25. The maximum absolute atomic E-state index is 11.9. The van der Waals surface area contributed by atoms with Crippen molar-refractivity contribution in [3.63, 3.8) is 0 Å². The molecule has 0 aromatic heterocycles. The Hall–Kier alpha value is -1.03. The minimum atomic E-state index is -1.69. The van der Waals surface area contributed by atoms with Gasteiger partial charge in [-0.25, -0.2) is 4.79 Å². The van der Waals surface area contributed by atoms with Crippen LogP contribution in [0, 0.1) is 0 Å². The van der Waals surface area contributed by atoms with Gasteiger partial charge in [0.1, 0.15) is 0 Å². The number of carbonyl (C=O) groups excluding carboxylic acids is 1. The van der Waals surface area contributed by atoms with Gasteiger partial charge in [0.2, 0.25) is 8.32 Å². The van der Waals surface area contributed by atoms with E-state index in [2.05, 4.69) is 31.8 Å². The minimum absolute atomic E-state index is 0.237. The standard InChI is InChI=1S/C14H24O3Si/c1-16-14(15)12-10-8-6-5-7-9-11-13(12)17-18(2,3)4/h5-6H,7-11H2,1-4H3/b6-5+,13-12-. The van der Waals surface area contributed by atoms with Crippen LogP contribution in [0.2, 0.25) is 19.6 Å². The van der Waals surface area contributed by atoms with Gasteiger partial charge in [-0.1, -0.05) is 12.2 Å². The largest absolute Gasteiger partial charge is 0.547 e. The number of esters is 1. The molecule has 0 atom stereocenters. The van der Waals surface area contributed by atoms with Crippen molar-refractivity contribution in [3.05, 3.63) is 23.5 Å². The third kappa shape index (κ3) is 5.08. The topological polar surface area (TPSA) is 35.5 Å². The van der Waals surface area contributed by atoms with E-state index in [-0.39, 0.29) is 5.97 Å². The molecule has 0 saturated heterocycles. The number of ether oxygens (including phenoxy) is 1. The van der Waals surface area contributed by atoms with Crippen LogP contribution in [-0.2, 0) is 14.0 Å². The molecule has 1 aliphatic rings. The van der Waals surface area contributed by atoms with Crippen LogP contribution in [0.4, 0.5) is 0 Å². The van der Waals surface area contributed by atoms with Crippen molar-refractivity contribution in [1.29, 1.82) is 0 Å². The molecule has 0 bridgehead atoms. The molecule has 0 unspecified atom stereocenters. The molecule has 4 heteroatoms. The lowest BCUT2D eigenvalue weighted by molar-refractivity contribution is -0.136. The molecule has 0 aromatic rings. The monoisotopic (exact) mass is 268 g/mol. The van der Waals surface area contributed by atoms with E-state index in [1.165, 1.54) is 7.11 Å². The first kappa shape index (κ1) is 15.0. The number of hydrogen-bond acceptors (Lipinski definition) is 3. The fourth-order valence-electron chi connectivity index (χ4n) is 1.96. The zero-order valence-electron chi connectivity index (χ0n) is 11.9. The highest BCUT2D eigenvalue weighted by Gasteiger charge is 2.23. The summed E-state index contributed by atoms with van der Waals surface area (Å²) in [5, 5.41) is 0. The van der Waals surface area contributed by atoms with E-state index in [9.17, 15) is 4.79 Å². The molecular formula is C14H24O3Si. The predicted molar refractivity (Wildman–Crippen MR) is 75.7 cm³/mol. The Bertz CT molecular complexity index is 351. The van der Waals surface area contributed by atoms with Gasteiger partial charge < -0.3 is 9.16 Å². The van der Waals surface area contributed by atoms with Gasteiger partial charge in [-0.3, -0.25) is 0 Å². The molecule has 0 saturated carbocycles. The van der Waals surface area contributed by atoms with Crippen molar-refractivity contribution in [2.24, 2.45) is 0 Å². The van der Waals surface area contributed by atoms with Crippen LogP contribution in [0.25, 0.3) is 0 Å². The molecular weight excluding hydrogens is 244 g/mol. The third-order valence-electron chi connectivity index (χ3n) is 2.70. The number of rotatable bonds is 3. The van der Waals surface area contributed by atoms with Crippen molar-refractivity contribution in [2.75, 3.05) is 7.11 Å². The second-order valence-corrected chi connectivity index (χ2v) is 9.94. The highest BCUT2D eigenvalue weighted by atomic mass is 28.4. The van der Waals surface area contributed by atoms with Crippen LogP contribution in [0.15, 0.2) is 23.5 Å². The Morgan fingerprint density at radius 2 is 1.83 bits per heavy atom. The molecule has 0 aliphatic heterocycles. The molecule has 0 fully saturated rings. The van der Waals surface area contributed by atoms with Gasteiger partial charge in [0.05, 0.1) is 18.4 Å². The fourth-order valence-corrected chi connectivity index (χ4v) is 2.92. The van der Waals surface area contributed by atoms with Gasteiger partial charge in [-0.15, -0.1) is 0 Å². The average molecular weight is 268 g/mol. The van der Waals surface area contributed by atoms with E-state index < -0.39 is 8.32 Å². The lowest BCUT2D eigenvalue weighted by Crippen LogP contribution is -2.26. The lowest BCUT2D eigenvalue weighted by atomic mass is 10.1. The summed E-state index contributed by atoms with van der Waals surface area (Å²) in [5.41, 5.74) is 0.728. The van der Waals surface area contributed by atoms with Crippen LogP contribution in [0.1, 0.15) is 32.1 Å². The first-order chi connectivity index (χ1) is 8.44. The van der Waals surface area contributed by atoms with E-state index in [0.29, 0.717) is 6.42 Å². The summed E-state index contributed by atoms with van der Waals surface area (Å²) in [6.07, 6.45) is 8.82. The van der Waals surface area contributed by atoms with Crippen molar-refractivity contribution in [2.45, 2.75) is 51.7 Å². The number of methoxy groups -OCH3 is 1. The Balaban J connectivity index is 2.99. The summed E-state index contributed by atoms with van der Waals surface area (Å²) in [7, 11) is -0.252. The summed E-state index contributed by atoms with van der Waals surface area (Å²) in [4.78, 5) is 11.9. The van der Waals surface area contributed by atoms with E-state index >= 15 is 0 Å². The summed E-state index contributed by atoms with van der Waals surface area (Å²) >= 11 is 0. The van der Waals surface area contributed by atoms with Gasteiger partial charge >= 0.3 is 5.97 Å². The molecule has 0 N–H and O–H groups in total. The van der Waals surface area contributed by atoms with E-state index in [1.54, 1.807) is 0 Å². The van der Waals surface area contributed by atoms with E-state index in [0.717, 1.165) is 37.0 Å². The molecule has 0 radical (unpaired) electrons. The molecule has 0 amide bonds. The Kier molecular flexibility index (Phi) is 5.66. The predicted octanol–water partition coefficient (Wildman–Crippen LogP) is 3.79. The van der Waals surface area contributed by atoms with Crippen LogP contribution >= 0.6 is 0 Å². The fraction of sp³-hybridized carbons (Fsp3) is 0.643. The number of hydrogen-bond donors (Lipinski definition) is 0. The van der Waals surface area contributed by atoms with Crippen molar-refractivity contribution in [1.82, 2.24) is 0 Å². The minimum Gasteiger partial charge on any atom is -0.547 e. The zero-order valence-corrected chi connectivity index (χ0v) is 12.9. The molecule has 18 heavy (non-hydrogen) atoms. The average Bonchev–Trinajstić information content (AvgIpc) is 2.38. The van der Waals surface area contributed by atoms with Crippen LogP contribution < -0.4 is 0 Å². The van der Waals surface area contributed by atoms with Gasteiger partial charge in [-0.2, -0.15) is 0 Å². The molecule has 102 valence electrons. The second kappa shape index (κ2) is 6.78. The Morgan fingerprint density at radius 3 is 2.44 bits per heavy atom. The molecule has 0 heterocycles. The van der Waals surface area contributed by atoms with Gasteiger partial charge in [0.15, 0.2) is 0 Å². The zero-order chi connectivity index (χ0) is 13.6. The summed E-state index contributed by atoms with van der Waals surface area (Å²) in [6.45, 7) is 6.42. The second-order valence-electron chi connectivity index (χ2n) is 5.51. The lowest BCUT2D eigenvalue weighted by Gasteiger charge is -2.24. The first-order valence-electron chi connectivity index (χ1n) is 6.58. The SMILES string of the molecule is COC(=O)/C1=C(\O[Si](C)(C)C)CCC/C=C/CC1. The van der Waals surface area contributed by atoms with Crippen LogP contribution in [0.5, 0.6) is 0 Å². The molecule has 0 aromatic carbocycles. The highest BCUT2D eigenvalue weighted by molar-refractivity contribution is 6.70. The van der Waals surface area contributed by atoms with Crippen molar-refractivity contribution < 1.29 is 14.0 Å². The van der Waals surface area contributed by atoms with Gasteiger partial charge in [-0.05, 0) is 45.3 Å². The normalized spacial score (nSPS) is 23.6. The maximum atomic E-state index is 11.9. The summed E-state index contributed by atoms with van der Waals surface area (Å²) in [6, 6.07) is 0. The van der Waals surface area contributed by atoms with E-state index in [1.807, 2.05) is 0 Å². The molecule has 1 aliphatic carbocycles. The number of carbonyl (C=O) groups is 1. The van der Waals surface area contributed by atoms with Crippen molar-refractivity contribution >= 4 is 14.3 Å². The first-order valence-corrected chi connectivity index (χ1v) is 9.99. The quantitative estimate of drug-likeness (QED) is 0.444. The molecule has 1 rings (SSSR count). The third-order valence-corrected chi connectivity index (χ3v) is 3.56. The molecule has 0 spiro atoms. The Morgan fingerprint density at radius 1 is 1.17 bits per heavy atom. The van der Waals surface area contributed by atoms with Gasteiger partial charge in [0, 0.05) is 6.42 Å². The smallest absolute Gasteiger partial charge is 0.337 e. The van der Waals surface area contributed by atoms with Crippen molar-refractivity contribution in [3.8, 4) is 0 Å².